The summed E-state index contributed by atoms with van der Waals surface area (Å²) in [7, 11) is 0. The van der Waals surface area contributed by atoms with E-state index >= 15 is 0 Å². The number of hydrogen-bond donors (Lipinski definition) is 0. The molecule has 0 bridgehead atoms. The molecule has 0 aliphatic heterocycles. The van der Waals surface area contributed by atoms with E-state index in [0.29, 0.717) is 5.56 Å². The van der Waals surface area contributed by atoms with Gasteiger partial charge in [0.15, 0.2) is 0 Å². The molecule has 0 aliphatic rings. The molecule has 0 atom stereocenters. The van der Waals surface area contributed by atoms with E-state index in [9.17, 15) is 0 Å². The van der Waals surface area contributed by atoms with E-state index in [1.807, 2.05) is 48.5 Å². The predicted molar refractivity (Wildman–Crippen MR) is 208 cm³/mol. The molecule has 1 nitrogen and oxygen atoms in total. The van der Waals surface area contributed by atoms with Crippen LogP contribution in [0.4, 0.5) is 0 Å². The van der Waals surface area contributed by atoms with Gasteiger partial charge < -0.3 is 4.42 Å². The Morgan fingerprint density at radius 1 is 0.367 bits per heavy atom. The van der Waals surface area contributed by atoms with Crippen molar-refractivity contribution in [1.82, 2.24) is 0 Å². The van der Waals surface area contributed by atoms with Crippen LogP contribution in [0.25, 0.3) is 98.8 Å². The van der Waals surface area contributed by atoms with Crippen molar-refractivity contribution in [2.24, 2.45) is 0 Å². The van der Waals surface area contributed by atoms with E-state index in [4.69, 9.17) is 11.3 Å². The topological polar surface area (TPSA) is 13.1 Å². The number of fused-ring (bicyclic) bond motifs is 6. The van der Waals surface area contributed by atoms with Gasteiger partial charge in [-0.1, -0.05) is 158 Å². The SMILES string of the molecule is [2H]c1c([2H])c([2H])c(-c2ccccc2-c2c3ccccc3c(-c3cccc(-c4cccc5oc6cc7ccccc7cc6c45)c3)c3ccccc23)c([2H])c1[2H]. The zero-order valence-corrected chi connectivity index (χ0v) is 26.3. The van der Waals surface area contributed by atoms with Crippen LogP contribution >= 0.6 is 0 Å². The number of furan rings is 1. The standard InChI is InChI=1S/C48H30O/c1-2-14-31(15-3-1)36-20-6-7-21-38(36)47-41-24-10-8-22-39(41)46(40-23-9-11-25-42(40)47)35-19-12-18-34(28-35)37-26-13-27-44-48(37)43-29-32-16-4-5-17-33(32)30-45(43)49-44/h1-30H/i1D,2D,3D,14D,15D. The summed E-state index contributed by atoms with van der Waals surface area (Å²) >= 11 is 0. The van der Waals surface area contributed by atoms with Gasteiger partial charge in [0, 0.05) is 10.8 Å². The molecule has 10 aromatic rings. The molecule has 10 rings (SSSR count). The average Bonchev–Trinajstić information content (AvgIpc) is 3.58. The quantitative estimate of drug-likeness (QED) is 0.177. The third kappa shape index (κ3) is 4.40. The van der Waals surface area contributed by atoms with E-state index in [-0.39, 0.29) is 29.7 Å². The summed E-state index contributed by atoms with van der Waals surface area (Å²) in [6, 6.07) is 50.5. The van der Waals surface area contributed by atoms with E-state index in [1.165, 1.54) is 5.39 Å². The average molecular weight is 628 g/mol. The Labute approximate surface area is 291 Å². The van der Waals surface area contributed by atoms with E-state index in [1.54, 1.807) is 0 Å². The molecule has 0 fully saturated rings. The number of benzene rings is 9. The second kappa shape index (κ2) is 11.1. The van der Waals surface area contributed by atoms with E-state index in [2.05, 4.69) is 103 Å². The maximum Gasteiger partial charge on any atom is 0.136 e. The van der Waals surface area contributed by atoms with Crippen LogP contribution in [-0.4, -0.2) is 0 Å². The molecule has 0 radical (unpaired) electrons. The Morgan fingerprint density at radius 2 is 0.939 bits per heavy atom. The summed E-state index contributed by atoms with van der Waals surface area (Å²) in [5.74, 6) is 0. The van der Waals surface area contributed by atoms with Crippen molar-refractivity contribution in [3.05, 3.63) is 182 Å². The van der Waals surface area contributed by atoms with Crippen LogP contribution in [-0.2, 0) is 0 Å². The summed E-state index contributed by atoms with van der Waals surface area (Å²) in [5, 5.41) is 8.60. The molecule has 0 saturated heterocycles. The van der Waals surface area contributed by atoms with E-state index in [0.717, 1.165) is 82.3 Å². The molecule has 0 aliphatic carbocycles. The lowest BCUT2D eigenvalue weighted by Gasteiger charge is -2.20. The van der Waals surface area contributed by atoms with Gasteiger partial charge in [-0.25, -0.2) is 0 Å². The minimum Gasteiger partial charge on any atom is -0.456 e. The van der Waals surface area contributed by atoms with Gasteiger partial charge in [-0.05, 0) is 101 Å². The third-order valence-electron chi connectivity index (χ3n) is 9.72. The van der Waals surface area contributed by atoms with Gasteiger partial charge in [-0.15, -0.1) is 0 Å². The summed E-state index contributed by atoms with van der Waals surface area (Å²) in [5.41, 5.74) is 8.59. The van der Waals surface area contributed by atoms with Gasteiger partial charge in [0.25, 0.3) is 0 Å². The monoisotopic (exact) mass is 627 g/mol. The highest BCUT2D eigenvalue weighted by atomic mass is 16.3. The first-order valence-electron chi connectivity index (χ1n) is 18.9. The van der Waals surface area contributed by atoms with Gasteiger partial charge in [0.2, 0.25) is 0 Å². The highest BCUT2D eigenvalue weighted by molar-refractivity contribution is 6.23. The van der Waals surface area contributed by atoms with Crippen molar-refractivity contribution in [3.63, 3.8) is 0 Å². The summed E-state index contributed by atoms with van der Waals surface area (Å²) in [4.78, 5) is 0. The largest absolute Gasteiger partial charge is 0.456 e. The number of hydrogen-bond acceptors (Lipinski definition) is 1. The van der Waals surface area contributed by atoms with Crippen molar-refractivity contribution >= 4 is 54.3 Å². The molecule has 9 aromatic carbocycles. The maximum atomic E-state index is 8.84. The molecular formula is C48H30O. The van der Waals surface area contributed by atoms with Crippen molar-refractivity contribution in [2.75, 3.05) is 0 Å². The first kappa shape index (κ1) is 23.0. The molecular weight excluding hydrogens is 593 g/mol. The Hall–Kier alpha value is -6.44. The lowest BCUT2D eigenvalue weighted by molar-refractivity contribution is 0.669. The van der Waals surface area contributed by atoms with Crippen LogP contribution in [0.15, 0.2) is 186 Å². The summed E-state index contributed by atoms with van der Waals surface area (Å²) < 4.78 is 49.1. The first-order valence-corrected chi connectivity index (χ1v) is 16.4. The predicted octanol–water partition coefficient (Wildman–Crippen LogP) is 13.7. The zero-order chi connectivity index (χ0) is 36.7. The van der Waals surface area contributed by atoms with Crippen molar-refractivity contribution in [3.8, 4) is 44.5 Å². The minimum atomic E-state index is -0.403. The van der Waals surface area contributed by atoms with Gasteiger partial charge in [0.05, 0.1) is 6.85 Å². The fourth-order valence-electron chi connectivity index (χ4n) is 7.63. The van der Waals surface area contributed by atoms with Crippen LogP contribution in [0.5, 0.6) is 0 Å². The van der Waals surface area contributed by atoms with Crippen molar-refractivity contribution < 1.29 is 11.3 Å². The smallest absolute Gasteiger partial charge is 0.136 e. The van der Waals surface area contributed by atoms with Gasteiger partial charge >= 0.3 is 0 Å². The van der Waals surface area contributed by atoms with Gasteiger partial charge in [-0.3, -0.25) is 0 Å². The van der Waals surface area contributed by atoms with Gasteiger partial charge in [0.1, 0.15) is 11.2 Å². The molecule has 0 N–H and O–H groups in total. The fourth-order valence-corrected chi connectivity index (χ4v) is 7.63. The maximum absolute atomic E-state index is 8.84. The molecule has 0 amide bonds. The second-order valence-corrected chi connectivity index (χ2v) is 12.4. The van der Waals surface area contributed by atoms with Crippen LogP contribution in [0.2, 0.25) is 0 Å². The number of rotatable bonds is 4. The third-order valence-corrected chi connectivity index (χ3v) is 9.72. The molecule has 0 saturated carbocycles. The molecule has 1 heterocycles. The Kier molecular flexibility index (Phi) is 5.20. The molecule has 1 heteroatoms. The molecule has 1 aromatic heterocycles. The normalized spacial score (nSPS) is 13.1. The van der Waals surface area contributed by atoms with Crippen LogP contribution in [0.1, 0.15) is 6.85 Å². The molecule has 228 valence electrons. The van der Waals surface area contributed by atoms with E-state index < -0.39 is 6.04 Å². The van der Waals surface area contributed by atoms with Crippen LogP contribution in [0, 0.1) is 0 Å². The zero-order valence-electron chi connectivity index (χ0n) is 31.3. The van der Waals surface area contributed by atoms with Crippen molar-refractivity contribution in [2.45, 2.75) is 0 Å². The summed E-state index contributed by atoms with van der Waals surface area (Å²) in [6.07, 6.45) is 0. The molecule has 0 spiro atoms. The Balaban J connectivity index is 1.23. The highest BCUT2D eigenvalue weighted by Crippen LogP contribution is 2.47. The Morgan fingerprint density at radius 3 is 1.67 bits per heavy atom. The molecule has 49 heavy (non-hydrogen) atoms. The highest BCUT2D eigenvalue weighted by Gasteiger charge is 2.20. The first-order chi connectivity index (χ1) is 26.4. The van der Waals surface area contributed by atoms with Crippen LogP contribution < -0.4 is 0 Å². The van der Waals surface area contributed by atoms with Gasteiger partial charge in [-0.2, -0.15) is 0 Å². The lowest BCUT2D eigenvalue weighted by atomic mass is 9.83. The molecule has 0 unspecified atom stereocenters. The fraction of sp³-hybridized carbons (Fsp3) is 0. The van der Waals surface area contributed by atoms with Crippen LogP contribution in [0.3, 0.4) is 0 Å². The second-order valence-electron chi connectivity index (χ2n) is 12.4. The lowest BCUT2D eigenvalue weighted by Crippen LogP contribution is -1.93. The summed E-state index contributed by atoms with van der Waals surface area (Å²) in [6.45, 7) is 0. The van der Waals surface area contributed by atoms with Crippen molar-refractivity contribution in [1.29, 1.82) is 0 Å². The Bertz CT molecular complexity index is 3090. The minimum absolute atomic E-state index is 0.190.